The van der Waals surface area contributed by atoms with E-state index in [1.165, 1.54) is 12.1 Å². The molecule has 0 saturated heterocycles. The van der Waals surface area contributed by atoms with Gasteiger partial charge in [0, 0.05) is 12.1 Å². The van der Waals surface area contributed by atoms with Gasteiger partial charge in [0.2, 0.25) is 0 Å². The Kier molecular flexibility index (Phi) is 4.76. The van der Waals surface area contributed by atoms with Gasteiger partial charge < -0.3 is 14.6 Å². The Morgan fingerprint density at radius 1 is 1.48 bits per heavy atom. The van der Waals surface area contributed by atoms with Crippen LogP contribution in [0.2, 0.25) is 5.02 Å². The molecular weight excluding hydrogens is 349 g/mol. The number of hydrogen-bond donors (Lipinski definition) is 1. The molecular formula is C17H17ClFN3O3. The predicted octanol–water partition coefficient (Wildman–Crippen LogP) is 2.22. The minimum absolute atomic E-state index is 0.104. The summed E-state index contributed by atoms with van der Waals surface area (Å²) in [5, 5.41) is 0.104. The Morgan fingerprint density at radius 3 is 2.96 bits per heavy atom. The number of H-pyrrole nitrogens is 1. The summed E-state index contributed by atoms with van der Waals surface area (Å²) in [4.78, 5) is 33.1. The minimum atomic E-state index is -0.799. The number of nitrogens with one attached hydrogen (secondary N) is 1. The Hall–Kier alpha value is -2.41. The van der Waals surface area contributed by atoms with Crippen LogP contribution in [0, 0.1) is 12.7 Å². The van der Waals surface area contributed by atoms with Gasteiger partial charge in [0.05, 0.1) is 17.3 Å². The van der Waals surface area contributed by atoms with Gasteiger partial charge in [-0.15, -0.1) is 0 Å². The van der Waals surface area contributed by atoms with Crippen molar-refractivity contribution in [2.45, 2.75) is 32.9 Å². The van der Waals surface area contributed by atoms with Gasteiger partial charge in [-0.2, -0.15) is 0 Å². The summed E-state index contributed by atoms with van der Waals surface area (Å²) in [6.45, 7) is 3.97. The molecule has 1 aliphatic rings. The molecule has 2 aromatic rings. The van der Waals surface area contributed by atoms with Crippen LogP contribution in [-0.4, -0.2) is 33.4 Å². The zero-order chi connectivity index (χ0) is 18.1. The molecule has 0 bridgehead atoms. The normalized spacial score (nSPS) is 14.8. The predicted molar refractivity (Wildman–Crippen MR) is 90.2 cm³/mol. The highest BCUT2D eigenvalue weighted by atomic mass is 35.5. The first-order chi connectivity index (χ1) is 11.8. The van der Waals surface area contributed by atoms with E-state index in [4.69, 9.17) is 16.3 Å². The lowest BCUT2D eigenvalue weighted by Crippen LogP contribution is -2.44. The van der Waals surface area contributed by atoms with Crippen LogP contribution >= 0.6 is 11.6 Å². The maximum Gasteiger partial charge on any atom is 0.263 e. The van der Waals surface area contributed by atoms with Gasteiger partial charge in [-0.3, -0.25) is 9.59 Å². The van der Waals surface area contributed by atoms with Crippen molar-refractivity contribution in [1.29, 1.82) is 0 Å². The van der Waals surface area contributed by atoms with Crippen molar-refractivity contribution in [3.63, 3.8) is 0 Å². The van der Waals surface area contributed by atoms with Crippen molar-refractivity contribution in [3.05, 3.63) is 56.5 Å². The quantitative estimate of drug-likeness (QED) is 0.905. The van der Waals surface area contributed by atoms with E-state index in [0.717, 1.165) is 6.07 Å². The molecule has 2 heterocycles. The van der Waals surface area contributed by atoms with Gasteiger partial charge in [-0.1, -0.05) is 11.6 Å². The lowest BCUT2D eigenvalue weighted by molar-refractivity contribution is -0.139. The van der Waals surface area contributed by atoms with Crippen molar-refractivity contribution in [3.8, 4) is 5.75 Å². The second-order valence-corrected chi connectivity index (χ2v) is 6.33. The molecule has 1 aromatic carbocycles. The van der Waals surface area contributed by atoms with E-state index < -0.39 is 11.9 Å². The summed E-state index contributed by atoms with van der Waals surface area (Å²) < 4.78 is 18.7. The highest BCUT2D eigenvalue weighted by Crippen LogP contribution is 2.26. The summed E-state index contributed by atoms with van der Waals surface area (Å²) in [7, 11) is 0. The molecule has 0 spiro atoms. The maximum absolute atomic E-state index is 13.1. The fourth-order valence-electron chi connectivity index (χ4n) is 2.82. The topological polar surface area (TPSA) is 75.3 Å². The van der Waals surface area contributed by atoms with E-state index in [1.54, 1.807) is 18.7 Å². The molecule has 0 saturated carbocycles. The van der Waals surface area contributed by atoms with Gasteiger partial charge in [-0.25, -0.2) is 9.37 Å². The molecule has 25 heavy (non-hydrogen) atoms. The molecule has 8 heteroatoms. The number of benzene rings is 1. The molecule has 0 aliphatic carbocycles. The molecule has 1 atom stereocenters. The van der Waals surface area contributed by atoms with Crippen molar-refractivity contribution in [2.24, 2.45) is 0 Å². The number of ether oxygens (including phenoxy) is 1. The number of carbonyl (C=O) groups is 1. The average molecular weight is 366 g/mol. The lowest BCUT2D eigenvalue weighted by atomic mass is 10.1. The fourth-order valence-corrected chi connectivity index (χ4v) is 3.03. The van der Waals surface area contributed by atoms with Crippen molar-refractivity contribution in [2.75, 3.05) is 6.54 Å². The lowest BCUT2D eigenvalue weighted by Gasteiger charge is -2.30. The first-order valence-electron chi connectivity index (χ1n) is 7.84. The number of carbonyl (C=O) groups excluding carboxylic acids is 1. The van der Waals surface area contributed by atoms with E-state index in [-0.39, 0.29) is 28.8 Å². The first-order valence-corrected chi connectivity index (χ1v) is 8.22. The zero-order valence-electron chi connectivity index (χ0n) is 13.8. The van der Waals surface area contributed by atoms with Crippen LogP contribution < -0.4 is 10.3 Å². The molecule has 0 unspecified atom stereocenters. The third kappa shape index (κ3) is 3.66. The summed E-state index contributed by atoms with van der Waals surface area (Å²) >= 11 is 5.93. The summed E-state index contributed by atoms with van der Waals surface area (Å²) in [6.07, 6.45) is -0.360. The van der Waals surface area contributed by atoms with E-state index >= 15 is 0 Å². The van der Waals surface area contributed by atoms with E-state index in [9.17, 15) is 14.0 Å². The molecule has 0 radical (unpaired) electrons. The van der Waals surface area contributed by atoms with Gasteiger partial charge >= 0.3 is 0 Å². The van der Waals surface area contributed by atoms with Crippen LogP contribution in [0.3, 0.4) is 0 Å². The molecule has 1 amide bonds. The third-order valence-electron chi connectivity index (χ3n) is 4.05. The highest BCUT2D eigenvalue weighted by Gasteiger charge is 2.28. The number of halogens is 2. The second kappa shape index (κ2) is 6.84. The number of aromatic amines is 1. The number of fused-ring (bicyclic) bond motifs is 1. The van der Waals surface area contributed by atoms with Crippen LogP contribution in [0.4, 0.5) is 4.39 Å². The van der Waals surface area contributed by atoms with Crippen LogP contribution in [0.25, 0.3) is 0 Å². The van der Waals surface area contributed by atoms with E-state index in [2.05, 4.69) is 9.97 Å². The zero-order valence-corrected chi connectivity index (χ0v) is 14.6. The number of hydrogen-bond acceptors (Lipinski definition) is 4. The Labute approximate surface area is 148 Å². The summed E-state index contributed by atoms with van der Waals surface area (Å²) in [6, 6.07) is 3.73. The number of rotatable bonds is 3. The van der Waals surface area contributed by atoms with Crippen LogP contribution in [0.5, 0.6) is 5.75 Å². The van der Waals surface area contributed by atoms with Gasteiger partial charge in [0.1, 0.15) is 17.4 Å². The van der Waals surface area contributed by atoms with E-state index in [0.29, 0.717) is 30.0 Å². The molecule has 1 N–H and O–H groups in total. The number of amides is 1. The number of aryl methyl sites for hydroxylation is 1. The Bertz CT molecular complexity index is 884. The molecule has 0 fully saturated rings. The fraction of sp³-hybridized carbons (Fsp3) is 0.353. The second-order valence-electron chi connectivity index (χ2n) is 5.92. The largest absolute Gasteiger partial charge is 0.479 e. The van der Waals surface area contributed by atoms with Gasteiger partial charge in [-0.05, 0) is 38.5 Å². The SMILES string of the molecule is Cc1nc2c(c(=O)[nH]1)CCN(C(=O)[C@@H](C)Oc1ccc(F)cc1Cl)C2. The number of nitrogens with zero attached hydrogens (tertiary/aromatic N) is 2. The maximum atomic E-state index is 13.1. The van der Waals surface area contributed by atoms with Crippen LogP contribution in [0.1, 0.15) is 24.0 Å². The molecule has 1 aliphatic heterocycles. The van der Waals surface area contributed by atoms with Crippen molar-refractivity contribution < 1.29 is 13.9 Å². The van der Waals surface area contributed by atoms with Gasteiger partial charge in [0.25, 0.3) is 11.5 Å². The van der Waals surface area contributed by atoms with Crippen molar-refractivity contribution in [1.82, 2.24) is 14.9 Å². The number of aromatic nitrogens is 2. The summed E-state index contributed by atoms with van der Waals surface area (Å²) in [5.41, 5.74) is 1.06. The van der Waals surface area contributed by atoms with Crippen LogP contribution in [-0.2, 0) is 17.8 Å². The standard InChI is InChI=1S/C17H17ClFN3O3/c1-9(25-15-4-3-11(19)7-13(15)18)17(24)22-6-5-12-14(8-22)20-10(2)21-16(12)23/h3-4,7,9H,5-6,8H2,1-2H3,(H,20,21,23)/t9-/m1/s1. The average Bonchev–Trinajstić information content (AvgIpc) is 2.55. The monoisotopic (exact) mass is 365 g/mol. The minimum Gasteiger partial charge on any atom is -0.479 e. The summed E-state index contributed by atoms with van der Waals surface area (Å²) in [5.74, 6) is 0.0357. The molecule has 132 valence electrons. The van der Waals surface area contributed by atoms with E-state index in [1.807, 2.05) is 0 Å². The van der Waals surface area contributed by atoms with Crippen molar-refractivity contribution >= 4 is 17.5 Å². The first kappa shape index (κ1) is 17.4. The molecule has 1 aromatic heterocycles. The Balaban J connectivity index is 1.73. The van der Waals surface area contributed by atoms with Gasteiger partial charge in [0.15, 0.2) is 6.10 Å². The smallest absolute Gasteiger partial charge is 0.263 e. The Morgan fingerprint density at radius 2 is 2.24 bits per heavy atom. The third-order valence-corrected chi connectivity index (χ3v) is 4.34. The highest BCUT2D eigenvalue weighted by molar-refractivity contribution is 6.32. The molecule has 3 rings (SSSR count). The van der Waals surface area contributed by atoms with Crippen LogP contribution in [0.15, 0.2) is 23.0 Å². The molecule has 6 nitrogen and oxygen atoms in total.